The zero-order chi connectivity index (χ0) is 17.7. The third kappa shape index (κ3) is 7.97. The zero-order valence-electron chi connectivity index (χ0n) is 15.4. The van der Waals surface area contributed by atoms with Crippen molar-refractivity contribution < 1.29 is 9.53 Å². The van der Waals surface area contributed by atoms with Crippen molar-refractivity contribution in [3.8, 4) is 0 Å². The summed E-state index contributed by atoms with van der Waals surface area (Å²) in [6.07, 6.45) is 2.40. The number of hydrogen-bond acceptors (Lipinski definition) is 5. The summed E-state index contributed by atoms with van der Waals surface area (Å²) in [4.78, 5) is 11.9. The first-order valence-electron chi connectivity index (χ1n) is 8.06. The predicted molar refractivity (Wildman–Crippen MR) is 89.9 cm³/mol. The maximum atomic E-state index is 11.9. The number of nitrogens with zero attached hydrogens (tertiary/aromatic N) is 3. The summed E-state index contributed by atoms with van der Waals surface area (Å²) in [6.45, 7) is 13.1. The van der Waals surface area contributed by atoms with E-state index in [1.54, 1.807) is 4.68 Å². The minimum atomic E-state index is -0.494. The van der Waals surface area contributed by atoms with E-state index in [1.807, 2.05) is 34.0 Å². The lowest BCUT2D eigenvalue weighted by molar-refractivity contribution is 0.0507. The lowest BCUT2D eigenvalue weighted by Gasteiger charge is -2.33. The van der Waals surface area contributed by atoms with Gasteiger partial charge in [-0.15, -0.1) is 5.10 Å². The van der Waals surface area contributed by atoms with Crippen LogP contribution in [0.2, 0.25) is 0 Å². The van der Waals surface area contributed by atoms with Gasteiger partial charge in [-0.25, -0.2) is 4.79 Å². The van der Waals surface area contributed by atoms with Crippen LogP contribution in [0.4, 0.5) is 4.79 Å². The highest BCUT2D eigenvalue weighted by molar-refractivity contribution is 5.67. The van der Waals surface area contributed by atoms with Gasteiger partial charge in [0.1, 0.15) is 5.60 Å². The average Bonchev–Trinajstić information content (AvgIpc) is 2.77. The highest BCUT2D eigenvalue weighted by Crippen LogP contribution is 2.17. The Hall–Kier alpha value is -1.63. The molecule has 1 aromatic rings. The molecule has 7 heteroatoms. The highest BCUT2D eigenvalue weighted by atomic mass is 16.6. The number of rotatable bonds is 7. The molecule has 0 fully saturated rings. The van der Waals surface area contributed by atoms with E-state index in [0.717, 1.165) is 12.1 Å². The third-order valence-electron chi connectivity index (χ3n) is 3.23. The summed E-state index contributed by atoms with van der Waals surface area (Å²) >= 11 is 0. The fourth-order valence-electron chi connectivity index (χ4n) is 2.47. The Balaban J connectivity index is 2.60. The molecular formula is C16H31N5O2. The Bertz CT molecular complexity index is 507. The Morgan fingerprint density at radius 2 is 2.00 bits per heavy atom. The van der Waals surface area contributed by atoms with Crippen LogP contribution in [0.1, 0.15) is 53.7 Å². The van der Waals surface area contributed by atoms with Gasteiger partial charge in [-0.05, 0) is 40.0 Å². The van der Waals surface area contributed by atoms with E-state index in [9.17, 15) is 4.79 Å². The minimum Gasteiger partial charge on any atom is -0.444 e. The first kappa shape index (κ1) is 19.4. The SMILES string of the molecule is CC(C)C[C@](C)(CNC(=O)OC(C)(C)C)NCc1cn(C)nn1. The maximum absolute atomic E-state index is 11.9. The van der Waals surface area contributed by atoms with Crippen molar-refractivity contribution in [3.05, 3.63) is 11.9 Å². The molecule has 1 aromatic heterocycles. The number of amides is 1. The summed E-state index contributed by atoms with van der Waals surface area (Å²) < 4.78 is 6.98. The topological polar surface area (TPSA) is 81.1 Å². The molecule has 0 aliphatic rings. The van der Waals surface area contributed by atoms with Gasteiger partial charge in [-0.2, -0.15) is 0 Å². The van der Waals surface area contributed by atoms with E-state index in [2.05, 4.69) is 41.7 Å². The minimum absolute atomic E-state index is 0.247. The van der Waals surface area contributed by atoms with E-state index in [1.165, 1.54) is 0 Å². The molecule has 1 amide bonds. The Morgan fingerprint density at radius 3 is 2.48 bits per heavy atom. The maximum Gasteiger partial charge on any atom is 0.407 e. The fraction of sp³-hybridized carbons (Fsp3) is 0.812. The lowest BCUT2D eigenvalue weighted by Crippen LogP contribution is -2.52. The molecular weight excluding hydrogens is 294 g/mol. The number of alkyl carbamates (subject to hydrolysis) is 1. The number of hydrogen-bond donors (Lipinski definition) is 2. The molecule has 0 aliphatic heterocycles. The van der Waals surface area contributed by atoms with Gasteiger partial charge in [0.15, 0.2) is 0 Å². The van der Waals surface area contributed by atoms with Crippen molar-refractivity contribution in [2.75, 3.05) is 6.54 Å². The van der Waals surface area contributed by atoms with Crippen LogP contribution in [0.15, 0.2) is 6.20 Å². The lowest BCUT2D eigenvalue weighted by atomic mass is 9.90. The molecule has 23 heavy (non-hydrogen) atoms. The van der Waals surface area contributed by atoms with Crippen LogP contribution in [0.3, 0.4) is 0 Å². The Kier molecular flexibility index (Phi) is 6.56. The second-order valence-corrected chi connectivity index (χ2v) is 7.75. The molecule has 1 atom stereocenters. The number of aryl methyl sites for hydroxylation is 1. The smallest absolute Gasteiger partial charge is 0.407 e. The molecule has 1 heterocycles. The van der Waals surface area contributed by atoms with Crippen LogP contribution in [0.25, 0.3) is 0 Å². The zero-order valence-corrected chi connectivity index (χ0v) is 15.4. The standard InChI is InChI=1S/C16H31N5O2/c1-12(2)8-16(6,11-17-14(22)23-15(3,4)5)18-9-13-10-21(7)20-19-13/h10,12,18H,8-9,11H2,1-7H3,(H,17,22)/t16-/m1/s1. The number of nitrogens with one attached hydrogen (secondary N) is 2. The first-order chi connectivity index (χ1) is 10.5. The van der Waals surface area contributed by atoms with Crippen LogP contribution in [0.5, 0.6) is 0 Å². The van der Waals surface area contributed by atoms with Crippen LogP contribution in [-0.4, -0.2) is 38.8 Å². The second-order valence-electron chi connectivity index (χ2n) is 7.75. The summed E-state index contributed by atoms with van der Waals surface area (Å²) in [5.74, 6) is 0.495. The number of carbonyl (C=O) groups excluding carboxylic acids is 1. The van der Waals surface area contributed by atoms with Crippen molar-refractivity contribution in [1.82, 2.24) is 25.6 Å². The first-order valence-corrected chi connectivity index (χ1v) is 8.06. The quantitative estimate of drug-likeness (QED) is 0.803. The van der Waals surface area contributed by atoms with Gasteiger partial charge in [-0.1, -0.05) is 19.1 Å². The fourth-order valence-corrected chi connectivity index (χ4v) is 2.47. The third-order valence-corrected chi connectivity index (χ3v) is 3.23. The van der Waals surface area contributed by atoms with E-state index >= 15 is 0 Å². The highest BCUT2D eigenvalue weighted by Gasteiger charge is 2.27. The van der Waals surface area contributed by atoms with E-state index in [4.69, 9.17) is 4.74 Å². The van der Waals surface area contributed by atoms with E-state index in [0.29, 0.717) is 19.0 Å². The number of carbonyl (C=O) groups is 1. The van der Waals surface area contributed by atoms with Gasteiger partial charge in [0.25, 0.3) is 0 Å². The van der Waals surface area contributed by atoms with Gasteiger partial charge in [0, 0.05) is 31.9 Å². The number of ether oxygens (including phenoxy) is 1. The van der Waals surface area contributed by atoms with Crippen molar-refractivity contribution >= 4 is 6.09 Å². The molecule has 0 spiro atoms. The Labute approximate surface area is 139 Å². The van der Waals surface area contributed by atoms with Gasteiger partial charge >= 0.3 is 6.09 Å². The van der Waals surface area contributed by atoms with Gasteiger partial charge in [0.2, 0.25) is 0 Å². The monoisotopic (exact) mass is 325 g/mol. The van der Waals surface area contributed by atoms with Gasteiger partial charge in [-0.3, -0.25) is 4.68 Å². The number of aromatic nitrogens is 3. The summed E-state index contributed by atoms with van der Waals surface area (Å²) in [5.41, 5.74) is 0.133. The molecule has 0 radical (unpaired) electrons. The molecule has 0 bridgehead atoms. The van der Waals surface area contributed by atoms with Crippen molar-refractivity contribution in [3.63, 3.8) is 0 Å². The Morgan fingerprint density at radius 1 is 1.35 bits per heavy atom. The predicted octanol–water partition coefficient (Wildman–Crippen LogP) is 2.23. The molecule has 1 rings (SSSR count). The van der Waals surface area contributed by atoms with Gasteiger partial charge < -0.3 is 15.4 Å². The molecule has 0 unspecified atom stereocenters. The van der Waals surface area contributed by atoms with Crippen molar-refractivity contribution in [2.24, 2.45) is 13.0 Å². The average molecular weight is 325 g/mol. The molecule has 2 N–H and O–H groups in total. The van der Waals surface area contributed by atoms with Crippen molar-refractivity contribution in [1.29, 1.82) is 0 Å². The summed E-state index contributed by atoms with van der Waals surface area (Å²) in [7, 11) is 1.84. The van der Waals surface area contributed by atoms with Crippen LogP contribution < -0.4 is 10.6 Å². The summed E-state index contributed by atoms with van der Waals surface area (Å²) in [6, 6.07) is 0. The molecule has 132 valence electrons. The van der Waals surface area contributed by atoms with Gasteiger partial charge in [0.05, 0.1) is 5.69 Å². The van der Waals surface area contributed by atoms with Crippen LogP contribution in [0, 0.1) is 5.92 Å². The van der Waals surface area contributed by atoms with E-state index in [-0.39, 0.29) is 5.54 Å². The molecule has 0 saturated heterocycles. The normalized spacial score (nSPS) is 14.6. The van der Waals surface area contributed by atoms with Crippen LogP contribution in [-0.2, 0) is 18.3 Å². The molecule has 0 aliphatic carbocycles. The summed E-state index contributed by atoms with van der Waals surface area (Å²) in [5, 5.41) is 14.4. The van der Waals surface area contributed by atoms with Crippen molar-refractivity contribution in [2.45, 2.75) is 65.6 Å². The molecule has 7 nitrogen and oxygen atoms in total. The molecule has 0 saturated carbocycles. The second kappa shape index (κ2) is 7.77. The van der Waals surface area contributed by atoms with Crippen LogP contribution >= 0.6 is 0 Å². The molecule has 0 aromatic carbocycles. The van der Waals surface area contributed by atoms with E-state index < -0.39 is 11.7 Å². The largest absolute Gasteiger partial charge is 0.444 e.